The van der Waals surface area contributed by atoms with Crippen molar-refractivity contribution in [1.29, 1.82) is 0 Å². The lowest BCUT2D eigenvalue weighted by atomic mass is 9.92. The molecule has 3 fully saturated rings. The van der Waals surface area contributed by atoms with Crippen LogP contribution in [0, 0.1) is 18.7 Å². The Kier molecular flexibility index (Phi) is 8.31. The zero-order valence-electron chi connectivity index (χ0n) is 24.0. The number of halogens is 3. The third kappa shape index (κ3) is 5.94. The fraction of sp³-hybridized carbons (Fsp3) is 0.533. The number of carbonyl (C=O) groups excluding carboxylic acids is 2. The van der Waals surface area contributed by atoms with Gasteiger partial charge in [0.2, 0.25) is 0 Å². The first-order valence-electron chi connectivity index (χ1n) is 14.6. The number of hydrogen-bond donors (Lipinski definition) is 1. The number of aliphatic imine (C=N–C) groups is 1. The lowest BCUT2D eigenvalue weighted by molar-refractivity contribution is -0.146. The summed E-state index contributed by atoms with van der Waals surface area (Å²) >= 11 is 1.34. The molecule has 13 heteroatoms. The lowest BCUT2D eigenvalue weighted by Gasteiger charge is -2.31. The minimum Gasteiger partial charge on any atom is -0.464 e. The van der Waals surface area contributed by atoms with Gasteiger partial charge in [0.05, 0.1) is 30.7 Å². The van der Waals surface area contributed by atoms with Crippen LogP contribution in [0.5, 0.6) is 0 Å². The first-order chi connectivity index (χ1) is 20.7. The van der Waals surface area contributed by atoms with Crippen molar-refractivity contribution in [2.75, 3.05) is 39.4 Å². The minimum absolute atomic E-state index is 0.00463. The Labute approximate surface area is 251 Å². The maximum atomic E-state index is 15.6. The summed E-state index contributed by atoms with van der Waals surface area (Å²) in [5.41, 5.74) is 1.35. The highest BCUT2D eigenvalue weighted by Crippen LogP contribution is 2.43. The van der Waals surface area contributed by atoms with Crippen LogP contribution in [0.4, 0.5) is 13.2 Å². The molecule has 0 bridgehead atoms. The Hall–Kier alpha value is -3.29. The summed E-state index contributed by atoms with van der Waals surface area (Å²) in [6.07, 6.45) is 3.77. The molecule has 1 aliphatic carbocycles. The van der Waals surface area contributed by atoms with Gasteiger partial charge in [-0.2, -0.15) is 0 Å². The van der Waals surface area contributed by atoms with Gasteiger partial charge in [-0.1, -0.05) is 12.1 Å². The molecule has 2 saturated heterocycles. The number of likely N-dealkylation sites (tertiary alicyclic amines) is 2. The Bertz CT molecular complexity index is 1450. The Morgan fingerprint density at radius 3 is 2.72 bits per heavy atom. The van der Waals surface area contributed by atoms with Crippen LogP contribution in [0.1, 0.15) is 48.4 Å². The molecule has 3 atom stereocenters. The van der Waals surface area contributed by atoms with Gasteiger partial charge < -0.3 is 14.8 Å². The van der Waals surface area contributed by atoms with Crippen molar-refractivity contribution < 1.29 is 32.2 Å². The fourth-order valence-electron chi connectivity index (χ4n) is 6.34. The molecule has 0 spiro atoms. The predicted molar refractivity (Wildman–Crippen MR) is 153 cm³/mol. The van der Waals surface area contributed by atoms with Gasteiger partial charge in [-0.05, 0) is 50.3 Å². The maximum absolute atomic E-state index is 15.6. The number of esters is 2. The number of thiazole rings is 1. The van der Waals surface area contributed by atoms with Crippen LogP contribution < -0.4 is 5.32 Å². The van der Waals surface area contributed by atoms with E-state index in [0.29, 0.717) is 40.6 Å². The van der Waals surface area contributed by atoms with Crippen LogP contribution in [0.25, 0.3) is 0 Å². The SMILES string of the molecule is CCOC(=O)C1=C(CN2CC(F)(F)C3C2CCN3CCOC(=O)C2CC2)NC(c2nccs2)=N[C@H]1c1cccc(F)c1C. The number of nitrogens with zero attached hydrogens (tertiary/aromatic N) is 4. The molecule has 1 saturated carbocycles. The largest absolute Gasteiger partial charge is 0.464 e. The molecule has 230 valence electrons. The van der Waals surface area contributed by atoms with Gasteiger partial charge in [-0.25, -0.2) is 22.9 Å². The summed E-state index contributed by atoms with van der Waals surface area (Å²) in [6, 6.07) is 2.15. The van der Waals surface area contributed by atoms with Crippen LogP contribution in [0.15, 0.2) is 46.0 Å². The van der Waals surface area contributed by atoms with E-state index in [-0.39, 0.29) is 43.8 Å². The molecule has 1 aromatic heterocycles. The van der Waals surface area contributed by atoms with Gasteiger partial charge in [0.25, 0.3) is 5.92 Å². The molecular formula is C30H34F3N5O4S. The second-order valence-corrected chi connectivity index (χ2v) is 12.2. The minimum atomic E-state index is -3.02. The van der Waals surface area contributed by atoms with E-state index in [1.807, 2.05) is 0 Å². The molecule has 4 aliphatic rings. The number of amidine groups is 1. The Morgan fingerprint density at radius 2 is 2.00 bits per heavy atom. The quantitative estimate of drug-likeness (QED) is 0.402. The molecule has 2 aromatic rings. The van der Waals surface area contributed by atoms with E-state index in [1.54, 1.807) is 47.4 Å². The number of aromatic nitrogens is 1. The van der Waals surface area contributed by atoms with E-state index >= 15 is 8.78 Å². The molecule has 43 heavy (non-hydrogen) atoms. The van der Waals surface area contributed by atoms with Crippen molar-refractivity contribution in [2.45, 2.75) is 57.2 Å². The van der Waals surface area contributed by atoms with E-state index in [2.05, 4.69) is 10.3 Å². The number of fused-ring (bicyclic) bond motifs is 1. The number of carbonyl (C=O) groups is 2. The molecule has 6 rings (SSSR count). The first kappa shape index (κ1) is 29.8. The normalized spacial score (nSPS) is 25.3. The summed E-state index contributed by atoms with van der Waals surface area (Å²) in [5, 5.41) is 5.55. The van der Waals surface area contributed by atoms with E-state index in [9.17, 15) is 14.0 Å². The van der Waals surface area contributed by atoms with Crippen molar-refractivity contribution in [3.63, 3.8) is 0 Å². The second kappa shape index (κ2) is 12.0. The van der Waals surface area contributed by atoms with Crippen molar-refractivity contribution in [2.24, 2.45) is 10.9 Å². The molecule has 0 radical (unpaired) electrons. The molecule has 1 aromatic carbocycles. The average Bonchev–Trinajstić information content (AvgIpc) is 3.39. The Morgan fingerprint density at radius 1 is 1.19 bits per heavy atom. The third-order valence-electron chi connectivity index (χ3n) is 8.54. The number of rotatable bonds is 10. The fourth-order valence-corrected chi connectivity index (χ4v) is 6.93. The summed E-state index contributed by atoms with van der Waals surface area (Å²) in [5.74, 6) is -4.03. The van der Waals surface area contributed by atoms with Crippen molar-refractivity contribution in [1.82, 2.24) is 20.1 Å². The predicted octanol–water partition coefficient (Wildman–Crippen LogP) is 3.85. The van der Waals surface area contributed by atoms with Crippen LogP contribution >= 0.6 is 11.3 Å². The lowest BCUT2D eigenvalue weighted by Crippen LogP contribution is -2.46. The highest BCUT2D eigenvalue weighted by Gasteiger charge is 2.59. The Balaban J connectivity index is 1.31. The van der Waals surface area contributed by atoms with Gasteiger partial charge in [0, 0.05) is 43.0 Å². The number of alkyl halides is 2. The van der Waals surface area contributed by atoms with E-state index in [0.717, 1.165) is 12.8 Å². The van der Waals surface area contributed by atoms with Gasteiger partial charge in [0.15, 0.2) is 10.8 Å². The molecule has 3 aliphatic heterocycles. The molecular weight excluding hydrogens is 583 g/mol. The number of hydrogen-bond acceptors (Lipinski definition) is 10. The van der Waals surface area contributed by atoms with Crippen molar-refractivity contribution >= 4 is 29.1 Å². The average molecular weight is 618 g/mol. The first-order valence-corrected chi connectivity index (χ1v) is 15.5. The van der Waals surface area contributed by atoms with Crippen LogP contribution in [-0.4, -0.2) is 90.0 Å². The van der Waals surface area contributed by atoms with Crippen LogP contribution in [-0.2, 0) is 19.1 Å². The highest BCUT2D eigenvalue weighted by molar-refractivity contribution is 7.11. The smallest absolute Gasteiger partial charge is 0.338 e. The summed E-state index contributed by atoms with van der Waals surface area (Å²) < 4.78 is 56.7. The monoisotopic (exact) mass is 617 g/mol. The van der Waals surface area contributed by atoms with Gasteiger partial charge in [-0.3, -0.25) is 19.6 Å². The standard InChI is InChI=1S/C30H34F3N5O4S/c1-3-41-29(40)23-21(35-26(27-34-10-14-43-27)36-24(23)19-5-4-6-20(31)17(19)2)15-38-16-30(32,33)25-22(38)9-11-37(25)12-13-42-28(39)18-7-8-18/h4-6,10,14,18,22,24-25H,3,7-9,11-13,15-16H2,1-2H3,(H,35,36)/t22?,24-,25?/m0/s1. The van der Waals surface area contributed by atoms with E-state index in [1.165, 1.54) is 17.4 Å². The summed E-state index contributed by atoms with van der Waals surface area (Å²) in [4.78, 5) is 38.0. The zero-order valence-corrected chi connectivity index (χ0v) is 24.8. The summed E-state index contributed by atoms with van der Waals surface area (Å²) in [7, 11) is 0. The molecule has 0 amide bonds. The summed E-state index contributed by atoms with van der Waals surface area (Å²) in [6.45, 7) is 3.66. The van der Waals surface area contributed by atoms with E-state index < -0.39 is 42.4 Å². The van der Waals surface area contributed by atoms with Gasteiger partial charge in [-0.15, -0.1) is 11.3 Å². The zero-order chi connectivity index (χ0) is 30.3. The van der Waals surface area contributed by atoms with Crippen molar-refractivity contribution in [3.05, 3.63) is 63.0 Å². The van der Waals surface area contributed by atoms with Crippen molar-refractivity contribution in [3.8, 4) is 0 Å². The third-order valence-corrected chi connectivity index (χ3v) is 9.32. The second-order valence-electron chi connectivity index (χ2n) is 11.4. The van der Waals surface area contributed by atoms with Crippen LogP contribution in [0.2, 0.25) is 0 Å². The number of ether oxygens (including phenoxy) is 2. The van der Waals surface area contributed by atoms with E-state index in [4.69, 9.17) is 14.5 Å². The topological polar surface area (TPSA) is 96.4 Å². The highest BCUT2D eigenvalue weighted by atomic mass is 32.1. The van der Waals surface area contributed by atoms with Crippen LogP contribution in [0.3, 0.4) is 0 Å². The molecule has 1 N–H and O–H groups in total. The van der Waals surface area contributed by atoms with Gasteiger partial charge >= 0.3 is 11.9 Å². The number of nitrogens with one attached hydrogen (secondary N) is 1. The molecule has 4 heterocycles. The van der Waals surface area contributed by atoms with Gasteiger partial charge in [0.1, 0.15) is 18.5 Å². The number of benzene rings is 1. The molecule has 9 nitrogen and oxygen atoms in total. The molecule has 2 unspecified atom stereocenters. The maximum Gasteiger partial charge on any atom is 0.338 e.